The SMILES string of the molecule is [2H]C1([2H])COCC([2H])([2H])C1([2H])c1cncc(Br)c1. The van der Waals surface area contributed by atoms with Crippen LogP contribution in [0.3, 0.4) is 0 Å². The van der Waals surface area contributed by atoms with Gasteiger partial charge < -0.3 is 4.74 Å². The number of aromatic nitrogens is 1. The van der Waals surface area contributed by atoms with E-state index in [1.807, 2.05) is 0 Å². The Labute approximate surface area is 93.5 Å². The van der Waals surface area contributed by atoms with Gasteiger partial charge in [0.25, 0.3) is 0 Å². The molecule has 1 aliphatic heterocycles. The van der Waals surface area contributed by atoms with E-state index in [1.54, 1.807) is 0 Å². The normalized spacial score (nSPS) is 34.7. The number of halogens is 1. The van der Waals surface area contributed by atoms with Crippen LogP contribution in [0.15, 0.2) is 22.9 Å². The van der Waals surface area contributed by atoms with Gasteiger partial charge in [-0.3, -0.25) is 4.98 Å². The lowest BCUT2D eigenvalue weighted by Gasteiger charge is -2.21. The third-order valence-electron chi connectivity index (χ3n) is 1.70. The van der Waals surface area contributed by atoms with E-state index < -0.39 is 18.6 Å². The molecule has 3 heteroatoms. The van der Waals surface area contributed by atoms with Crippen molar-refractivity contribution in [3.63, 3.8) is 0 Å². The molecule has 0 saturated carbocycles. The van der Waals surface area contributed by atoms with Gasteiger partial charge in [-0.25, -0.2) is 0 Å². The Morgan fingerprint density at radius 2 is 2.31 bits per heavy atom. The molecule has 0 aromatic carbocycles. The maximum absolute atomic E-state index is 8.37. The Balaban J connectivity index is 2.60. The minimum absolute atomic E-state index is 0.204. The second-order valence-corrected chi connectivity index (χ2v) is 3.53. The van der Waals surface area contributed by atoms with Crippen LogP contribution in [0.2, 0.25) is 0 Å². The van der Waals surface area contributed by atoms with Gasteiger partial charge in [0.15, 0.2) is 0 Å². The zero-order valence-corrected chi connectivity index (χ0v) is 8.47. The number of rotatable bonds is 1. The molecular formula is C10H12BrNO. The zero-order valence-electron chi connectivity index (χ0n) is 11.9. The summed E-state index contributed by atoms with van der Waals surface area (Å²) in [6.45, 7) is -0.606. The van der Waals surface area contributed by atoms with Gasteiger partial charge in [0.2, 0.25) is 0 Å². The van der Waals surface area contributed by atoms with Gasteiger partial charge in [-0.2, -0.15) is 0 Å². The molecule has 0 spiro atoms. The van der Waals surface area contributed by atoms with E-state index in [-0.39, 0.29) is 18.8 Å². The second-order valence-electron chi connectivity index (χ2n) is 2.61. The predicted octanol–water partition coefficient (Wildman–Crippen LogP) is 2.74. The van der Waals surface area contributed by atoms with Crippen molar-refractivity contribution in [1.29, 1.82) is 0 Å². The summed E-state index contributed by atoms with van der Waals surface area (Å²) in [4.78, 5) is 3.89. The van der Waals surface area contributed by atoms with Gasteiger partial charge in [0.05, 0.1) is 0 Å². The Bertz CT molecular complexity index is 451. The molecule has 1 saturated heterocycles. The summed E-state index contributed by atoms with van der Waals surface area (Å²) in [5.74, 6) is -2.05. The Hall–Kier alpha value is -0.410. The lowest BCUT2D eigenvalue weighted by atomic mass is 9.93. The number of hydrogen-bond acceptors (Lipinski definition) is 2. The van der Waals surface area contributed by atoms with Crippen LogP contribution in [-0.2, 0) is 4.74 Å². The first-order valence-electron chi connectivity index (χ1n) is 6.39. The summed E-state index contributed by atoms with van der Waals surface area (Å²) in [5, 5.41) is 0. The van der Waals surface area contributed by atoms with Crippen LogP contribution in [0.1, 0.15) is 31.1 Å². The molecule has 0 aliphatic carbocycles. The lowest BCUT2D eigenvalue weighted by molar-refractivity contribution is 0.0852. The first kappa shape index (κ1) is 4.89. The summed E-state index contributed by atoms with van der Waals surface area (Å²) in [5.41, 5.74) is 0.204. The summed E-state index contributed by atoms with van der Waals surface area (Å²) in [6.07, 6.45) is -1.41. The van der Waals surface area contributed by atoms with E-state index >= 15 is 0 Å². The fraction of sp³-hybridized carbons (Fsp3) is 0.500. The maximum atomic E-state index is 8.37. The van der Waals surface area contributed by atoms with Gasteiger partial charge >= 0.3 is 0 Å². The van der Waals surface area contributed by atoms with Crippen molar-refractivity contribution in [2.45, 2.75) is 18.6 Å². The fourth-order valence-corrected chi connectivity index (χ4v) is 1.48. The molecule has 0 unspecified atom stereocenters. The van der Waals surface area contributed by atoms with Gasteiger partial charge in [-0.15, -0.1) is 0 Å². The van der Waals surface area contributed by atoms with Crippen molar-refractivity contribution in [3.8, 4) is 0 Å². The highest BCUT2D eigenvalue weighted by Crippen LogP contribution is 2.27. The molecule has 1 aromatic heterocycles. The van der Waals surface area contributed by atoms with Crippen molar-refractivity contribution in [2.24, 2.45) is 0 Å². The second kappa shape index (κ2) is 4.20. The largest absolute Gasteiger partial charge is 0.381 e. The van der Waals surface area contributed by atoms with Gasteiger partial charge in [-0.05, 0) is 46.2 Å². The van der Waals surface area contributed by atoms with E-state index in [4.69, 9.17) is 11.6 Å². The number of hydrogen-bond donors (Lipinski definition) is 0. The van der Waals surface area contributed by atoms with Gasteiger partial charge in [0, 0.05) is 36.9 Å². The quantitative estimate of drug-likeness (QED) is 0.761. The van der Waals surface area contributed by atoms with Gasteiger partial charge in [-0.1, -0.05) is 0 Å². The molecular weight excluding hydrogens is 230 g/mol. The molecule has 0 atom stereocenters. The van der Waals surface area contributed by atoms with E-state index in [9.17, 15) is 0 Å². The third-order valence-corrected chi connectivity index (χ3v) is 2.13. The maximum Gasteiger partial charge on any atom is 0.0471 e. The molecule has 0 bridgehead atoms. The average molecular weight is 247 g/mol. The first-order chi connectivity index (χ1) is 8.21. The highest BCUT2D eigenvalue weighted by atomic mass is 79.9. The highest BCUT2D eigenvalue weighted by Gasteiger charge is 2.15. The molecule has 2 heterocycles. The Morgan fingerprint density at radius 3 is 3.00 bits per heavy atom. The van der Waals surface area contributed by atoms with Crippen molar-refractivity contribution in [3.05, 3.63) is 28.5 Å². The van der Waals surface area contributed by atoms with Crippen molar-refractivity contribution < 1.29 is 11.6 Å². The number of ether oxygens (including phenoxy) is 1. The molecule has 0 N–H and O–H groups in total. The van der Waals surface area contributed by atoms with Crippen molar-refractivity contribution in [2.75, 3.05) is 13.2 Å². The molecule has 0 radical (unpaired) electrons. The summed E-state index contributed by atoms with van der Waals surface area (Å²) in [7, 11) is 0. The van der Waals surface area contributed by atoms with Crippen LogP contribution in [0.4, 0.5) is 0 Å². The van der Waals surface area contributed by atoms with Crippen LogP contribution < -0.4 is 0 Å². The van der Waals surface area contributed by atoms with E-state index in [0.717, 1.165) is 0 Å². The van der Waals surface area contributed by atoms with Crippen LogP contribution in [0, 0.1) is 0 Å². The molecule has 2 nitrogen and oxygen atoms in total. The molecule has 1 aliphatic rings. The minimum atomic E-state index is -2.13. The first-order valence-corrected chi connectivity index (χ1v) is 4.69. The summed E-state index contributed by atoms with van der Waals surface area (Å²) >= 11 is 3.21. The predicted molar refractivity (Wildman–Crippen MR) is 54.7 cm³/mol. The van der Waals surface area contributed by atoms with Crippen LogP contribution in [-0.4, -0.2) is 18.2 Å². The van der Waals surface area contributed by atoms with Crippen molar-refractivity contribution >= 4 is 15.9 Å². The molecule has 13 heavy (non-hydrogen) atoms. The minimum Gasteiger partial charge on any atom is -0.381 e. The van der Waals surface area contributed by atoms with Crippen molar-refractivity contribution in [1.82, 2.24) is 4.98 Å². The van der Waals surface area contributed by atoms with Crippen LogP contribution >= 0.6 is 15.9 Å². The molecule has 1 fully saturated rings. The van der Waals surface area contributed by atoms with Gasteiger partial charge in [0.1, 0.15) is 0 Å². The molecule has 1 aromatic rings. The average Bonchev–Trinajstić information content (AvgIpc) is 2.25. The summed E-state index contributed by atoms with van der Waals surface area (Å²) < 4.78 is 45.6. The topological polar surface area (TPSA) is 22.1 Å². The number of pyridine rings is 1. The van der Waals surface area contributed by atoms with E-state index in [0.29, 0.717) is 4.47 Å². The number of nitrogens with zero attached hydrogens (tertiary/aromatic N) is 1. The van der Waals surface area contributed by atoms with E-state index in [2.05, 4.69) is 20.9 Å². The molecule has 70 valence electrons. The smallest absolute Gasteiger partial charge is 0.0471 e. The zero-order chi connectivity index (χ0) is 13.6. The van der Waals surface area contributed by atoms with Crippen LogP contribution in [0.25, 0.3) is 0 Å². The highest BCUT2D eigenvalue weighted by molar-refractivity contribution is 9.10. The van der Waals surface area contributed by atoms with Crippen LogP contribution in [0.5, 0.6) is 0 Å². The lowest BCUT2D eigenvalue weighted by Crippen LogP contribution is -2.14. The third kappa shape index (κ3) is 2.29. The monoisotopic (exact) mass is 246 g/mol. The standard InChI is InChI=1S/C10H12BrNO/c11-10-5-9(6-12-7-10)8-1-3-13-4-2-8/h5-8H,1-4H2/i1D2,2D2,8D. The fourth-order valence-electron chi connectivity index (χ4n) is 1.11. The Kier molecular flexibility index (Phi) is 1.58. The Morgan fingerprint density at radius 1 is 1.54 bits per heavy atom. The summed E-state index contributed by atoms with van der Waals surface area (Å²) in [6, 6.07) is 1.53. The molecule has 2 rings (SSSR count). The van der Waals surface area contributed by atoms with E-state index in [1.165, 1.54) is 18.5 Å². The molecule has 0 amide bonds.